The van der Waals surface area contributed by atoms with Crippen LogP contribution >= 0.6 is 0 Å². The van der Waals surface area contributed by atoms with Gasteiger partial charge in [0.05, 0.1) is 0 Å². The van der Waals surface area contributed by atoms with Crippen LogP contribution in [0, 0.1) is 6.92 Å². The molecule has 0 atom stereocenters. The third kappa shape index (κ3) is 1.82. The monoisotopic (exact) mass is 275 g/mol. The molecule has 0 saturated heterocycles. The van der Waals surface area contributed by atoms with Crippen LogP contribution < -0.4 is 4.57 Å². The van der Waals surface area contributed by atoms with Gasteiger partial charge >= 0.3 is 0 Å². The van der Waals surface area contributed by atoms with Crippen molar-refractivity contribution in [3.05, 3.63) is 60.4 Å². The third-order valence-electron chi connectivity index (χ3n) is 3.93. The topological polar surface area (TPSA) is 29.9 Å². The van der Waals surface area contributed by atoms with Crippen molar-refractivity contribution in [3.8, 4) is 11.3 Å². The van der Waals surface area contributed by atoms with Crippen LogP contribution in [-0.2, 0) is 7.05 Å². The molecule has 102 valence electrons. The standard InChI is InChI=1S/C18H15N2O/c1-12-10-17-15(13-6-5-8-19-18(13)21-17)11-14(12)16-7-3-4-9-20(16)2/h3-11H,1-2H3/q+1. The number of aryl methyl sites for hydroxylation is 2. The Labute approximate surface area is 122 Å². The molecule has 0 fully saturated rings. The van der Waals surface area contributed by atoms with Crippen LogP contribution in [0.5, 0.6) is 0 Å². The molecule has 0 aliphatic heterocycles. The number of benzene rings is 1. The highest BCUT2D eigenvalue weighted by molar-refractivity contribution is 6.05. The molecule has 4 rings (SSSR count). The number of aromatic nitrogens is 2. The summed E-state index contributed by atoms with van der Waals surface area (Å²) in [5, 5.41) is 2.18. The van der Waals surface area contributed by atoms with Crippen LogP contribution in [0.3, 0.4) is 0 Å². The Morgan fingerprint density at radius 2 is 1.95 bits per heavy atom. The van der Waals surface area contributed by atoms with Crippen LogP contribution in [0.4, 0.5) is 0 Å². The molecule has 0 N–H and O–H groups in total. The Balaban J connectivity index is 2.08. The number of pyridine rings is 2. The van der Waals surface area contributed by atoms with E-state index >= 15 is 0 Å². The normalized spacial score (nSPS) is 11.3. The summed E-state index contributed by atoms with van der Waals surface area (Å²) in [5.41, 5.74) is 5.20. The molecule has 3 nitrogen and oxygen atoms in total. The van der Waals surface area contributed by atoms with Gasteiger partial charge in [-0.1, -0.05) is 0 Å². The highest BCUT2D eigenvalue weighted by atomic mass is 16.3. The molecule has 3 heterocycles. The lowest BCUT2D eigenvalue weighted by Crippen LogP contribution is -2.30. The van der Waals surface area contributed by atoms with Crippen molar-refractivity contribution in [1.82, 2.24) is 4.98 Å². The zero-order valence-electron chi connectivity index (χ0n) is 12.0. The van der Waals surface area contributed by atoms with Crippen molar-refractivity contribution >= 4 is 22.1 Å². The van der Waals surface area contributed by atoms with E-state index in [0.29, 0.717) is 5.71 Å². The zero-order valence-corrected chi connectivity index (χ0v) is 12.0. The van der Waals surface area contributed by atoms with Crippen molar-refractivity contribution in [1.29, 1.82) is 0 Å². The molecule has 0 spiro atoms. The van der Waals surface area contributed by atoms with Gasteiger partial charge in [0.2, 0.25) is 11.4 Å². The van der Waals surface area contributed by atoms with E-state index in [4.69, 9.17) is 4.42 Å². The second-order valence-electron chi connectivity index (χ2n) is 5.32. The van der Waals surface area contributed by atoms with E-state index in [0.717, 1.165) is 16.4 Å². The Morgan fingerprint density at radius 1 is 1.05 bits per heavy atom. The van der Waals surface area contributed by atoms with Gasteiger partial charge in [-0.15, -0.1) is 0 Å². The fourth-order valence-electron chi connectivity index (χ4n) is 2.84. The minimum Gasteiger partial charge on any atom is -0.438 e. The second kappa shape index (κ2) is 4.42. The van der Waals surface area contributed by atoms with Crippen molar-refractivity contribution < 1.29 is 8.98 Å². The van der Waals surface area contributed by atoms with Crippen molar-refractivity contribution in [2.24, 2.45) is 7.05 Å². The van der Waals surface area contributed by atoms with Gasteiger partial charge < -0.3 is 4.42 Å². The second-order valence-corrected chi connectivity index (χ2v) is 5.32. The predicted octanol–water partition coefficient (Wildman–Crippen LogP) is 3.78. The fraction of sp³-hybridized carbons (Fsp3) is 0.111. The lowest BCUT2D eigenvalue weighted by atomic mass is 10.0. The minimum atomic E-state index is 0.696. The number of fused-ring (bicyclic) bond motifs is 3. The Hall–Kier alpha value is -2.68. The van der Waals surface area contributed by atoms with Crippen LogP contribution in [0.15, 0.2) is 59.3 Å². The molecule has 0 bridgehead atoms. The van der Waals surface area contributed by atoms with E-state index in [-0.39, 0.29) is 0 Å². The number of hydrogen-bond donors (Lipinski definition) is 0. The maximum Gasteiger partial charge on any atom is 0.227 e. The average molecular weight is 275 g/mol. The van der Waals surface area contributed by atoms with Gasteiger partial charge in [0.25, 0.3) is 0 Å². The zero-order chi connectivity index (χ0) is 14.4. The molecular weight excluding hydrogens is 260 g/mol. The predicted molar refractivity (Wildman–Crippen MR) is 82.9 cm³/mol. The summed E-state index contributed by atoms with van der Waals surface area (Å²) in [7, 11) is 2.06. The van der Waals surface area contributed by atoms with E-state index in [1.54, 1.807) is 6.20 Å². The third-order valence-corrected chi connectivity index (χ3v) is 3.93. The Bertz CT molecular complexity index is 969. The highest BCUT2D eigenvalue weighted by Gasteiger charge is 2.15. The summed E-state index contributed by atoms with van der Waals surface area (Å²) >= 11 is 0. The summed E-state index contributed by atoms with van der Waals surface area (Å²) in [5.74, 6) is 0. The summed E-state index contributed by atoms with van der Waals surface area (Å²) in [4.78, 5) is 4.30. The lowest BCUT2D eigenvalue weighted by Gasteiger charge is -2.04. The number of rotatable bonds is 1. The number of nitrogens with zero attached hydrogens (tertiary/aromatic N) is 2. The van der Waals surface area contributed by atoms with Gasteiger partial charge in [-0.25, -0.2) is 9.55 Å². The molecule has 3 heteroatoms. The van der Waals surface area contributed by atoms with Gasteiger partial charge in [-0.05, 0) is 42.8 Å². The summed E-state index contributed by atoms with van der Waals surface area (Å²) in [6, 6.07) is 14.5. The minimum absolute atomic E-state index is 0.696. The van der Waals surface area contributed by atoms with E-state index in [2.05, 4.69) is 60.1 Å². The molecule has 0 radical (unpaired) electrons. The molecule has 0 saturated carbocycles. The molecule has 4 aromatic rings. The van der Waals surface area contributed by atoms with Crippen molar-refractivity contribution in [3.63, 3.8) is 0 Å². The first kappa shape index (κ1) is 12.1. The van der Waals surface area contributed by atoms with Gasteiger partial charge in [-0.3, -0.25) is 0 Å². The molecule has 0 aliphatic rings. The number of hydrogen-bond acceptors (Lipinski definition) is 2. The van der Waals surface area contributed by atoms with Crippen LogP contribution in [0.2, 0.25) is 0 Å². The summed E-state index contributed by atoms with van der Waals surface area (Å²) in [6.45, 7) is 2.11. The molecule has 0 amide bonds. The molecule has 0 unspecified atom stereocenters. The average Bonchev–Trinajstić information content (AvgIpc) is 2.84. The van der Waals surface area contributed by atoms with Crippen molar-refractivity contribution in [2.75, 3.05) is 0 Å². The Morgan fingerprint density at radius 3 is 2.81 bits per heavy atom. The van der Waals surface area contributed by atoms with E-state index in [9.17, 15) is 0 Å². The van der Waals surface area contributed by atoms with Crippen LogP contribution in [0.25, 0.3) is 33.3 Å². The first-order chi connectivity index (χ1) is 10.2. The van der Waals surface area contributed by atoms with E-state index < -0.39 is 0 Å². The smallest absolute Gasteiger partial charge is 0.227 e. The first-order valence-corrected chi connectivity index (χ1v) is 6.97. The molecule has 0 aliphatic carbocycles. The maximum atomic E-state index is 5.84. The SMILES string of the molecule is Cc1cc2oc3ncccc3c2cc1-c1cccc[n+]1C. The first-order valence-electron chi connectivity index (χ1n) is 6.97. The quantitative estimate of drug-likeness (QED) is 0.495. The van der Waals surface area contributed by atoms with Gasteiger partial charge in [0, 0.05) is 34.7 Å². The lowest BCUT2D eigenvalue weighted by molar-refractivity contribution is -0.660. The summed E-state index contributed by atoms with van der Waals surface area (Å²) < 4.78 is 7.97. The maximum absolute atomic E-state index is 5.84. The fourth-order valence-corrected chi connectivity index (χ4v) is 2.84. The molecule has 3 aromatic heterocycles. The molecular formula is C18H15N2O+. The highest BCUT2D eigenvalue weighted by Crippen LogP contribution is 2.32. The number of furan rings is 1. The van der Waals surface area contributed by atoms with E-state index in [1.807, 2.05) is 12.1 Å². The Kier molecular flexibility index (Phi) is 2.54. The largest absolute Gasteiger partial charge is 0.438 e. The van der Waals surface area contributed by atoms with Gasteiger partial charge in [0.15, 0.2) is 6.20 Å². The summed E-state index contributed by atoms with van der Waals surface area (Å²) in [6.07, 6.45) is 3.82. The van der Waals surface area contributed by atoms with Gasteiger partial charge in [0.1, 0.15) is 12.6 Å². The van der Waals surface area contributed by atoms with Crippen LogP contribution in [0.1, 0.15) is 5.56 Å². The van der Waals surface area contributed by atoms with E-state index in [1.165, 1.54) is 16.8 Å². The van der Waals surface area contributed by atoms with Gasteiger partial charge in [-0.2, -0.15) is 0 Å². The van der Waals surface area contributed by atoms with Crippen LogP contribution in [-0.4, -0.2) is 4.98 Å². The molecule has 1 aromatic carbocycles. The molecule has 21 heavy (non-hydrogen) atoms. The van der Waals surface area contributed by atoms with Crippen molar-refractivity contribution in [2.45, 2.75) is 6.92 Å².